The Morgan fingerprint density at radius 3 is 2.31 bits per heavy atom. The molecule has 1 saturated heterocycles. The molecule has 2 aliphatic rings. The molecule has 0 bridgehead atoms. The number of anilines is 2. The van der Waals surface area contributed by atoms with Gasteiger partial charge in [-0.3, -0.25) is 14.4 Å². The second kappa shape index (κ2) is 12.0. The first-order chi connectivity index (χ1) is 18.9. The second-order valence-corrected chi connectivity index (χ2v) is 11.3. The molecule has 8 nitrogen and oxygen atoms in total. The number of nitrogens with two attached hydrogens (primary N) is 1. The molecule has 3 amide bonds. The molecule has 1 aliphatic heterocycles. The van der Waals surface area contributed by atoms with Gasteiger partial charge in [0.2, 0.25) is 0 Å². The summed E-state index contributed by atoms with van der Waals surface area (Å²) in [6.07, 6.45) is 3.55. The van der Waals surface area contributed by atoms with E-state index in [0.29, 0.717) is 43.0 Å². The first-order valence-corrected chi connectivity index (χ1v) is 14.4. The molecule has 5 rings (SSSR count). The summed E-state index contributed by atoms with van der Waals surface area (Å²) in [5, 5.41) is 8.11. The number of benzene rings is 2. The zero-order valence-corrected chi connectivity index (χ0v) is 23.0. The average Bonchev–Trinajstić information content (AvgIpc) is 3.49. The van der Waals surface area contributed by atoms with Crippen molar-refractivity contribution in [3.8, 4) is 0 Å². The van der Waals surface area contributed by atoms with Crippen LogP contribution in [-0.4, -0.2) is 60.9 Å². The number of carbonyl (C=O) groups excluding carboxylic acids is 3. The Morgan fingerprint density at radius 1 is 0.872 bits per heavy atom. The van der Waals surface area contributed by atoms with E-state index in [1.54, 1.807) is 12.1 Å². The minimum absolute atomic E-state index is 0.0494. The fourth-order valence-corrected chi connectivity index (χ4v) is 5.96. The summed E-state index contributed by atoms with van der Waals surface area (Å²) in [5.74, 6) is -0.335. The van der Waals surface area contributed by atoms with E-state index in [1.165, 1.54) is 11.3 Å². The first-order valence-electron chi connectivity index (χ1n) is 13.5. The van der Waals surface area contributed by atoms with Crippen molar-refractivity contribution in [1.82, 2.24) is 10.2 Å². The fourth-order valence-electron chi connectivity index (χ4n) is 5.27. The van der Waals surface area contributed by atoms with Gasteiger partial charge in [0.15, 0.2) is 0 Å². The van der Waals surface area contributed by atoms with Crippen molar-refractivity contribution >= 4 is 40.4 Å². The number of amides is 3. The topological polar surface area (TPSA) is 108 Å². The van der Waals surface area contributed by atoms with Gasteiger partial charge in [-0.1, -0.05) is 23.8 Å². The Hall–Kier alpha value is -3.69. The fraction of sp³-hybridized carbons (Fsp3) is 0.367. The highest BCUT2D eigenvalue weighted by Gasteiger charge is 2.26. The molecular weight excluding hydrogens is 510 g/mol. The number of hydrogen-bond acceptors (Lipinski definition) is 6. The Bertz CT molecular complexity index is 1330. The van der Waals surface area contributed by atoms with Gasteiger partial charge in [-0.2, -0.15) is 0 Å². The van der Waals surface area contributed by atoms with E-state index in [2.05, 4.69) is 15.5 Å². The Morgan fingerprint density at radius 2 is 1.62 bits per heavy atom. The van der Waals surface area contributed by atoms with Crippen LogP contribution >= 0.6 is 11.3 Å². The molecule has 1 saturated carbocycles. The minimum Gasteiger partial charge on any atom is -0.366 e. The quantitative estimate of drug-likeness (QED) is 0.429. The lowest BCUT2D eigenvalue weighted by Crippen LogP contribution is -2.48. The van der Waals surface area contributed by atoms with Crippen LogP contribution in [-0.2, 0) is 0 Å². The van der Waals surface area contributed by atoms with Gasteiger partial charge in [-0.25, -0.2) is 0 Å². The van der Waals surface area contributed by atoms with Gasteiger partial charge in [0.1, 0.15) is 0 Å². The number of thiophene rings is 1. The normalized spacial score (nSPS) is 19.4. The number of hydrogen-bond donors (Lipinski definition) is 3. The number of nitrogens with one attached hydrogen (secondary N) is 2. The largest absolute Gasteiger partial charge is 0.366 e. The highest BCUT2D eigenvalue weighted by Crippen LogP contribution is 2.30. The highest BCUT2D eigenvalue weighted by molar-refractivity contribution is 7.12. The number of nitrogens with zero attached hydrogens (tertiary/aromatic N) is 2. The zero-order chi connectivity index (χ0) is 27.4. The number of rotatable bonds is 6. The Labute approximate surface area is 233 Å². The van der Waals surface area contributed by atoms with Gasteiger partial charge in [0, 0.05) is 49.4 Å². The minimum atomic E-state index is -0.231. The molecular formula is C30H35N5O3S. The molecule has 0 atom stereocenters. The van der Waals surface area contributed by atoms with Crippen LogP contribution in [0.15, 0.2) is 60.0 Å². The summed E-state index contributed by atoms with van der Waals surface area (Å²) < 4.78 is 0. The summed E-state index contributed by atoms with van der Waals surface area (Å²) in [6, 6.07) is 16.9. The van der Waals surface area contributed by atoms with Crippen LogP contribution in [0.3, 0.4) is 0 Å². The summed E-state index contributed by atoms with van der Waals surface area (Å²) in [6.45, 7) is 4.35. The van der Waals surface area contributed by atoms with Gasteiger partial charge in [-0.15, -0.1) is 11.3 Å². The van der Waals surface area contributed by atoms with Gasteiger partial charge in [-0.05, 0) is 74.4 Å². The van der Waals surface area contributed by atoms with E-state index >= 15 is 0 Å². The SMILES string of the molecule is Cc1cccc(C(=O)Nc2cc(C(=O)NC3CCC(N)CC3)ccc2N2CCN(C(=O)c3cccs3)CC2)c1. The monoisotopic (exact) mass is 545 g/mol. The van der Waals surface area contributed by atoms with Gasteiger partial charge < -0.3 is 26.2 Å². The van der Waals surface area contributed by atoms with Crippen molar-refractivity contribution in [2.24, 2.45) is 5.73 Å². The van der Waals surface area contributed by atoms with Crippen molar-refractivity contribution in [1.29, 1.82) is 0 Å². The summed E-state index contributed by atoms with van der Waals surface area (Å²) in [5.41, 5.74) is 9.49. The van der Waals surface area contributed by atoms with Crippen LogP contribution in [0.25, 0.3) is 0 Å². The standard InChI is InChI=1S/C30H35N5O3S/c1-20-4-2-5-21(18-20)29(37)33-25-19-22(28(36)32-24-10-8-23(31)9-11-24)7-12-26(25)34-13-15-35(16-14-34)30(38)27-6-3-17-39-27/h2-7,12,17-19,23-24H,8-11,13-16,31H2,1H3,(H,32,36)(H,33,37). The van der Waals surface area contributed by atoms with E-state index in [0.717, 1.165) is 41.8 Å². The number of carbonyl (C=O) groups is 3. The smallest absolute Gasteiger partial charge is 0.264 e. The predicted molar refractivity (Wildman–Crippen MR) is 156 cm³/mol. The van der Waals surface area contributed by atoms with Crippen molar-refractivity contribution < 1.29 is 14.4 Å². The molecule has 2 fully saturated rings. The molecule has 0 unspecified atom stereocenters. The third-order valence-electron chi connectivity index (χ3n) is 7.53. The summed E-state index contributed by atoms with van der Waals surface area (Å²) in [4.78, 5) is 43.9. The molecule has 204 valence electrons. The Balaban J connectivity index is 1.34. The van der Waals surface area contributed by atoms with E-state index in [1.807, 2.05) is 59.7 Å². The molecule has 1 aliphatic carbocycles. The molecule has 3 aromatic rings. The van der Waals surface area contributed by atoms with Crippen LogP contribution in [0.5, 0.6) is 0 Å². The van der Waals surface area contributed by atoms with E-state index in [-0.39, 0.29) is 29.8 Å². The molecule has 0 spiro atoms. The first kappa shape index (κ1) is 26.9. The van der Waals surface area contributed by atoms with E-state index in [4.69, 9.17) is 5.73 Å². The molecule has 2 aromatic carbocycles. The van der Waals surface area contributed by atoms with Crippen molar-refractivity contribution in [3.05, 3.63) is 81.5 Å². The van der Waals surface area contributed by atoms with Crippen LogP contribution in [0.1, 0.15) is 61.6 Å². The van der Waals surface area contributed by atoms with Crippen LogP contribution in [0.2, 0.25) is 0 Å². The molecule has 4 N–H and O–H groups in total. The number of aryl methyl sites for hydroxylation is 1. The van der Waals surface area contributed by atoms with Crippen LogP contribution < -0.4 is 21.3 Å². The highest BCUT2D eigenvalue weighted by atomic mass is 32.1. The van der Waals surface area contributed by atoms with Crippen molar-refractivity contribution in [2.75, 3.05) is 36.4 Å². The molecule has 9 heteroatoms. The lowest BCUT2D eigenvalue weighted by atomic mass is 9.91. The molecule has 39 heavy (non-hydrogen) atoms. The van der Waals surface area contributed by atoms with E-state index < -0.39 is 0 Å². The maximum absolute atomic E-state index is 13.2. The second-order valence-electron chi connectivity index (χ2n) is 10.4. The summed E-state index contributed by atoms with van der Waals surface area (Å²) in [7, 11) is 0. The van der Waals surface area contributed by atoms with Crippen molar-refractivity contribution in [3.63, 3.8) is 0 Å². The van der Waals surface area contributed by atoms with Gasteiger partial charge in [0.05, 0.1) is 16.3 Å². The molecule has 0 radical (unpaired) electrons. The third kappa shape index (κ3) is 6.49. The number of piperazine rings is 1. The van der Waals surface area contributed by atoms with E-state index in [9.17, 15) is 14.4 Å². The molecule has 2 heterocycles. The lowest BCUT2D eigenvalue weighted by molar-refractivity contribution is 0.0751. The van der Waals surface area contributed by atoms with Gasteiger partial charge in [0.25, 0.3) is 17.7 Å². The lowest BCUT2D eigenvalue weighted by Gasteiger charge is -2.37. The Kier molecular flexibility index (Phi) is 8.28. The molecule has 1 aromatic heterocycles. The van der Waals surface area contributed by atoms with Crippen LogP contribution in [0, 0.1) is 6.92 Å². The maximum Gasteiger partial charge on any atom is 0.264 e. The van der Waals surface area contributed by atoms with Crippen molar-refractivity contribution in [2.45, 2.75) is 44.7 Å². The van der Waals surface area contributed by atoms with Crippen LogP contribution in [0.4, 0.5) is 11.4 Å². The maximum atomic E-state index is 13.2. The van der Waals surface area contributed by atoms with Gasteiger partial charge >= 0.3 is 0 Å². The summed E-state index contributed by atoms with van der Waals surface area (Å²) >= 11 is 1.45. The average molecular weight is 546 g/mol. The zero-order valence-electron chi connectivity index (χ0n) is 22.2. The third-order valence-corrected chi connectivity index (χ3v) is 8.39. The predicted octanol–water partition coefficient (Wildman–Crippen LogP) is 4.27.